The lowest BCUT2D eigenvalue weighted by Gasteiger charge is -2.13. The molecule has 0 radical (unpaired) electrons. The summed E-state index contributed by atoms with van der Waals surface area (Å²) in [5.41, 5.74) is 3.17. The van der Waals surface area contributed by atoms with Crippen molar-refractivity contribution >= 4 is 29.3 Å². The Labute approximate surface area is 216 Å². The lowest BCUT2D eigenvalue weighted by atomic mass is 10.1. The quantitative estimate of drug-likeness (QED) is 0.204. The van der Waals surface area contributed by atoms with Crippen LogP contribution in [0.1, 0.15) is 23.6 Å². The minimum atomic E-state index is -0.562. The van der Waals surface area contributed by atoms with Crippen molar-refractivity contribution in [2.75, 3.05) is 18.5 Å². The summed E-state index contributed by atoms with van der Waals surface area (Å²) in [6.45, 7) is 4.68. The summed E-state index contributed by atoms with van der Waals surface area (Å²) in [5.74, 6) is 3.15. The average Bonchev–Trinajstić information content (AvgIpc) is 2.87. The van der Waals surface area contributed by atoms with Gasteiger partial charge in [0.05, 0.1) is 11.6 Å². The highest BCUT2D eigenvalue weighted by molar-refractivity contribution is 6.32. The van der Waals surface area contributed by atoms with E-state index in [1.807, 2.05) is 44.2 Å². The van der Waals surface area contributed by atoms with Gasteiger partial charge in [-0.1, -0.05) is 47.4 Å². The van der Waals surface area contributed by atoms with Crippen LogP contribution in [0.4, 0.5) is 5.69 Å². The Bertz CT molecular complexity index is 1320. The topological polar surface area (TPSA) is 80.6 Å². The van der Waals surface area contributed by atoms with Crippen molar-refractivity contribution in [2.45, 2.75) is 20.5 Å². The Kier molecular flexibility index (Phi) is 9.40. The van der Waals surface area contributed by atoms with E-state index in [0.29, 0.717) is 41.7 Å². The lowest BCUT2D eigenvalue weighted by Crippen LogP contribution is -2.13. The van der Waals surface area contributed by atoms with E-state index in [2.05, 4.69) is 11.2 Å². The van der Waals surface area contributed by atoms with Gasteiger partial charge in [0, 0.05) is 5.69 Å². The number of nitriles is 1. The van der Waals surface area contributed by atoms with E-state index in [4.69, 9.17) is 32.2 Å². The number of halogens is 1. The van der Waals surface area contributed by atoms with Crippen LogP contribution >= 0.6 is 11.6 Å². The van der Waals surface area contributed by atoms with Gasteiger partial charge >= 0.3 is 0 Å². The highest BCUT2D eigenvalue weighted by Crippen LogP contribution is 2.37. The van der Waals surface area contributed by atoms with Crippen LogP contribution in [0, 0.1) is 30.6 Å². The molecule has 0 saturated carbocycles. The maximum atomic E-state index is 12.7. The molecule has 0 aliphatic carbocycles. The number of hydrogen-bond donors (Lipinski definition) is 1. The van der Waals surface area contributed by atoms with Gasteiger partial charge in [-0.3, -0.25) is 4.79 Å². The number of amides is 1. The molecule has 0 heterocycles. The second-order valence-electron chi connectivity index (χ2n) is 7.68. The van der Waals surface area contributed by atoms with Crippen molar-refractivity contribution in [3.63, 3.8) is 0 Å². The van der Waals surface area contributed by atoms with Crippen molar-refractivity contribution in [1.82, 2.24) is 0 Å². The molecule has 182 valence electrons. The fourth-order valence-electron chi connectivity index (χ4n) is 3.19. The molecule has 0 aliphatic rings. The van der Waals surface area contributed by atoms with Gasteiger partial charge in [-0.05, 0) is 67.4 Å². The van der Waals surface area contributed by atoms with Crippen molar-refractivity contribution in [3.8, 4) is 35.7 Å². The van der Waals surface area contributed by atoms with E-state index in [9.17, 15) is 10.1 Å². The van der Waals surface area contributed by atoms with E-state index < -0.39 is 5.91 Å². The second-order valence-corrected chi connectivity index (χ2v) is 8.09. The summed E-state index contributed by atoms with van der Waals surface area (Å²) in [6.07, 6.45) is 6.68. The SMILES string of the molecule is C#CCOc1c(Cl)cc(/C=C(\C#N)C(=O)Nc2ccc(OCc3ccc(C)cc3)cc2)cc1OCC. The molecule has 1 amide bonds. The molecule has 0 unspecified atom stereocenters. The number of rotatable bonds is 10. The summed E-state index contributed by atoms with van der Waals surface area (Å²) in [7, 11) is 0. The first kappa shape index (κ1) is 26.2. The molecule has 0 aliphatic heterocycles. The van der Waals surface area contributed by atoms with Crippen LogP contribution in [-0.2, 0) is 11.4 Å². The number of terminal acetylenes is 1. The molecule has 0 saturated heterocycles. The van der Waals surface area contributed by atoms with E-state index in [1.54, 1.807) is 36.4 Å². The minimum absolute atomic E-state index is 0.0244. The smallest absolute Gasteiger partial charge is 0.266 e. The Morgan fingerprint density at radius 2 is 1.81 bits per heavy atom. The van der Waals surface area contributed by atoms with E-state index in [-0.39, 0.29) is 17.2 Å². The summed E-state index contributed by atoms with van der Waals surface area (Å²) in [5, 5.41) is 12.5. The number of carbonyl (C=O) groups is 1. The Balaban J connectivity index is 1.69. The maximum absolute atomic E-state index is 12.7. The minimum Gasteiger partial charge on any atom is -0.490 e. The molecule has 6 nitrogen and oxygen atoms in total. The molecule has 36 heavy (non-hydrogen) atoms. The Morgan fingerprint density at radius 3 is 2.44 bits per heavy atom. The first-order valence-corrected chi connectivity index (χ1v) is 11.6. The van der Waals surface area contributed by atoms with Crippen LogP contribution in [0.5, 0.6) is 17.2 Å². The third-order valence-electron chi connectivity index (χ3n) is 4.95. The molecule has 3 rings (SSSR count). The number of aryl methyl sites for hydroxylation is 1. The first-order chi connectivity index (χ1) is 17.4. The van der Waals surface area contributed by atoms with Crippen LogP contribution in [0.25, 0.3) is 6.08 Å². The highest BCUT2D eigenvalue weighted by Gasteiger charge is 2.15. The lowest BCUT2D eigenvalue weighted by molar-refractivity contribution is -0.112. The largest absolute Gasteiger partial charge is 0.490 e. The number of anilines is 1. The van der Waals surface area contributed by atoms with Gasteiger partial charge in [0.2, 0.25) is 0 Å². The van der Waals surface area contributed by atoms with Crippen LogP contribution in [0.2, 0.25) is 5.02 Å². The number of nitrogens with zero attached hydrogens (tertiary/aromatic N) is 1. The third kappa shape index (κ3) is 7.30. The Morgan fingerprint density at radius 1 is 1.08 bits per heavy atom. The zero-order chi connectivity index (χ0) is 25.9. The number of nitrogens with one attached hydrogen (secondary N) is 1. The molecule has 3 aromatic rings. The number of hydrogen-bond acceptors (Lipinski definition) is 5. The summed E-state index contributed by atoms with van der Waals surface area (Å²) in [6, 6.07) is 20.1. The molecule has 3 aromatic carbocycles. The maximum Gasteiger partial charge on any atom is 0.266 e. The summed E-state index contributed by atoms with van der Waals surface area (Å²) >= 11 is 6.33. The molecule has 7 heteroatoms. The Hall–Kier alpha value is -4.39. The average molecular weight is 501 g/mol. The fourth-order valence-corrected chi connectivity index (χ4v) is 3.46. The van der Waals surface area contributed by atoms with Crippen molar-refractivity contribution in [2.24, 2.45) is 0 Å². The highest BCUT2D eigenvalue weighted by atomic mass is 35.5. The normalized spacial score (nSPS) is 10.6. The van der Waals surface area contributed by atoms with Crippen LogP contribution in [0.3, 0.4) is 0 Å². The van der Waals surface area contributed by atoms with Gasteiger partial charge < -0.3 is 19.5 Å². The van der Waals surface area contributed by atoms with Crippen molar-refractivity contribution in [1.29, 1.82) is 5.26 Å². The van der Waals surface area contributed by atoms with Gasteiger partial charge in [0.15, 0.2) is 11.5 Å². The molecular formula is C29H25ClN2O4. The number of benzene rings is 3. The molecule has 0 aromatic heterocycles. The molecule has 0 atom stereocenters. The van der Waals surface area contributed by atoms with Gasteiger partial charge in [0.25, 0.3) is 5.91 Å². The molecular weight excluding hydrogens is 476 g/mol. The molecule has 1 N–H and O–H groups in total. The fraction of sp³-hybridized carbons (Fsp3) is 0.172. The van der Waals surface area contributed by atoms with Gasteiger partial charge in [-0.2, -0.15) is 5.26 Å². The zero-order valence-corrected chi connectivity index (χ0v) is 20.8. The first-order valence-electron chi connectivity index (χ1n) is 11.2. The van der Waals surface area contributed by atoms with Crippen LogP contribution in [-0.4, -0.2) is 19.1 Å². The predicted octanol–water partition coefficient (Wildman–Crippen LogP) is 6.18. The summed E-state index contributed by atoms with van der Waals surface area (Å²) in [4.78, 5) is 12.7. The van der Waals surface area contributed by atoms with Crippen LogP contribution in [0.15, 0.2) is 66.2 Å². The molecule has 0 spiro atoms. The van der Waals surface area contributed by atoms with E-state index >= 15 is 0 Å². The summed E-state index contributed by atoms with van der Waals surface area (Å²) < 4.78 is 16.9. The number of ether oxygens (including phenoxy) is 3. The third-order valence-corrected chi connectivity index (χ3v) is 5.23. The molecule has 0 bridgehead atoms. The van der Waals surface area contributed by atoms with E-state index in [0.717, 1.165) is 5.56 Å². The zero-order valence-electron chi connectivity index (χ0n) is 20.0. The van der Waals surface area contributed by atoms with Gasteiger partial charge in [0.1, 0.15) is 30.6 Å². The van der Waals surface area contributed by atoms with Crippen molar-refractivity contribution in [3.05, 3.63) is 87.9 Å². The monoisotopic (exact) mass is 500 g/mol. The second kappa shape index (κ2) is 12.9. The van der Waals surface area contributed by atoms with Gasteiger partial charge in [-0.25, -0.2) is 0 Å². The predicted molar refractivity (Wildman–Crippen MR) is 141 cm³/mol. The van der Waals surface area contributed by atoms with E-state index in [1.165, 1.54) is 11.6 Å². The standard InChI is InChI=1S/C29H25ClN2O4/c1-4-14-35-28-26(30)16-22(17-27(28)34-5-2)15-23(18-31)29(33)32-24-10-12-25(13-11-24)36-19-21-8-6-20(3)7-9-21/h1,6-13,15-17H,5,14,19H2,2-3H3,(H,32,33)/b23-15+. The number of carbonyl (C=O) groups excluding carboxylic acids is 1. The molecule has 0 fully saturated rings. The van der Waals surface area contributed by atoms with Gasteiger partial charge in [-0.15, -0.1) is 6.42 Å². The van der Waals surface area contributed by atoms with Crippen LogP contribution < -0.4 is 19.5 Å². The van der Waals surface area contributed by atoms with Crippen molar-refractivity contribution < 1.29 is 19.0 Å².